The van der Waals surface area contributed by atoms with Gasteiger partial charge in [0.05, 0.1) is 4.92 Å². The number of amides is 1. The van der Waals surface area contributed by atoms with Gasteiger partial charge in [0.2, 0.25) is 0 Å². The monoisotopic (exact) mass is 417 g/mol. The molecular formula is C16H17Cl2N3O4S. The van der Waals surface area contributed by atoms with Crippen LogP contribution in [0.25, 0.3) is 0 Å². The fraction of sp³-hybridized carbons (Fsp3) is 0.312. The van der Waals surface area contributed by atoms with Crippen LogP contribution >= 0.6 is 34.5 Å². The van der Waals surface area contributed by atoms with Crippen LogP contribution in [-0.4, -0.2) is 35.9 Å². The lowest BCUT2D eigenvalue weighted by Gasteiger charge is -2.23. The van der Waals surface area contributed by atoms with Gasteiger partial charge in [0.1, 0.15) is 6.61 Å². The highest BCUT2D eigenvalue weighted by molar-refractivity contribution is 7.15. The number of hydrogen-bond donors (Lipinski definition) is 1. The summed E-state index contributed by atoms with van der Waals surface area (Å²) in [7, 11) is 0. The SMILES string of the molecule is O=C(Nc1ccc(N(CCCl)CCCl)cc1)OCc1ccc([N+](=O)[O-])s1. The van der Waals surface area contributed by atoms with Crippen LogP contribution in [0, 0.1) is 10.1 Å². The molecular weight excluding hydrogens is 401 g/mol. The van der Waals surface area contributed by atoms with E-state index in [1.807, 2.05) is 17.0 Å². The fourth-order valence-corrected chi connectivity index (χ4v) is 3.30. The molecule has 0 fully saturated rings. The molecule has 10 heteroatoms. The van der Waals surface area contributed by atoms with Gasteiger partial charge in [-0.3, -0.25) is 15.4 Å². The summed E-state index contributed by atoms with van der Waals surface area (Å²) in [4.78, 5) is 24.6. The zero-order chi connectivity index (χ0) is 18.9. The Morgan fingerprint density at radius 2 is 1.81 bits per heavy atom. The maximum atomic E-state index is 11.8. The molecule has 0 saturated carbocycles. The fourth-order valence-electron chi connectivity index (χ4n) is 2.16. The van der Waals surface area contributed by atoms with Gasteiger partial charge in [0.25, 0.3) is 0 Å². The second-order valence-electron chi connectivity index (χ2n) is 5.11. The molecule has 1 N–H and O–H groups in total. The van der Waals surface area contributed by atoms with Crippen molar-refractivity contribution < 1.29 is 14.5 Å². The molecule has 1 amide bonds. The number of nitrogens with one attached hydrogen (secondary N) is 1. The van der Waals surface area contributed by atoms with Crippen LogP contribution in [0.5, 0.6) is 0 Å². The van der Waals surface area contributed by atoms with E-state index in [0.29, 0.717) is 35.4 Å². The number of nitrogens with zero attached hydrogens (tertiary/aromatic N) is 2. The Hall–Kier alpha value is -2.03. The minimum absolute atomic E-state index is 0.0121. The lowest BCUT2D eigenvalue weighted by Crippen LogP contribution is -2.27. The van der Waals surface area contributed by atoms with E-state index in [-0.39, 0.29) is 11.6 Å². The summed E-state index contributed by atoms with van der Waals surface area (Å²) in [6, 6.07) is 10.2. The number of rotatable bonds is 9. The van der Waals surface area contributed by atoms with Gasteiger partial charge in [-0.05, 0) is 30.3 Å². The highest BCUT2D eigenvalue weighted by atomic mass is 35.5. The van der Waals surface area contributed by atoms with E-state index in [0.717, 1.165) is 17.0 Å². The van der Waals surface area contributed by atoms with E-state index < -0.39 is 11.0 Å². The summed E-state index contributed by atoms with van der Waals surface area (Å²) < 4.78 is 5.07. The van der Waals surface area contributed by atoms with Gasteiger partial charge in [-0.1, -0.05) is 11.3 Å². The molecule has 0 aliphatic rings. The third-order valence-electron chi connectivity index (χ3n) is 3.36. The normalized spacial score (nSPS) is 10.4. The van der Waals surface area contributed by atoms with Crippen LogP contribution in [0.1, 0.15) is 4.88 Å². The summed E-state index contributed by atoms with van der Waals surface area (Å²) >= 11 is 12.6. The topological polar surface area (TPSA) is 84.7 Å². The standard InChI is InChI=1S/C16H17Cl2N3O4S/c17-7-9-20(10-8-18)13-3-1-12(2-4-13)19-16(22)25-11-14-5-6-15(26-14)21(23)24/h1-6H,7-11H2,(H,19,22). The Kier molecular flexibility index (Phi) is 7.96. The largest absolute Gasteiger partial charge is 0.444 e. The minimum atomic E-state index is -0.632. The van der Waals surface area contributed by atoms with E-state index in [1.54, 1.807) is 18.2 Å². The smallest absolute Gasteiger partial charge is 0.411 e. The lowest BCUT2D eigenvalue weighted by atomic mass is 10.2. The molecule has 7 nitrogen and oxygen atoms in total. The van der Waals surface area contributed by atoms with Crippen molar-refractivity contribution >= 4 is 57.0 Å². The average molecular weight is 418 g/mol. The first kappa shape index (κ1) is 20.3. The van der Waals surface area contributed by atoms with Crippen molar-refractivity contribution in [1.29, 1.82) is 0 Å². The molecule has 0 spiro atoms. The Morgan fingerprint density at radius 3 is 2.35 bits per heavy atom. The lowest BCUT2D eigenvalue weighted by molar-refractivity contribution is -0.380. The molecule has 26 heavy (non-hydrogen) atoms. The third-order valence-corrected chi connectivity index (χ3v) is 4.71. The highest BCUT2D eigenvalue weighted by Crippen LogP contribution is 2.24. The summed E-state index contributed by atoms with van der Waals surface area (Å²) in [5.41, 5.74) is 1.53. The van der Waals surface area contributed by atoms with Gasteiger partial charge in [0, 0.05) is 47.2 Å². The van der Waals surface area contributed by atoms with Crippen molar-refractivity contribution in [2.75, 3.05) is 35.1 Å². The molecule has 0 saturated heterocycles. The third kappa shape index (κ3) is 6.05. The molecule has 0 unspecified atom stereocenters. The first-order chi connectivity index (χ1) is 12.5. The first-order valence-electron chi connectivity index (χ1n) is 7.67. The van der Waals surface area contributed by atoms with Gasteiger partial charge in [-0.15, -0.1) is 23.2 Å². The number of carbonyl (C=O) groups is 1. The Labute approximate surface area is 164 Å². The molecule has 0 bridgehead atoms. The van der Waals surface area contributed by atoms with Crippen LogP contribution in [0.4, 0.5) is 21.2 Å². The van der Waals surface area contributed by atoms with Crippen LogP contribution < -0.4 is 10.2 Å². The van der Waals surface area contributed by atoms with Crippen molar-refractivity contribution in [2.24, 2.45) is 0 Å². The van der Waals surface area contributed by atoms with E-state index in [2.05, 4.69) is 5.32 Å². The number of carbonyl (C=O) groups excluding carboxylic acids is 1. The molecule has 2 rings (SSSR count). The second-order valence-corrected chi connectivity index (χ2v) is 7.01. The van der Waals surface area contributed by atoms with Gasteiger partial charge < -0.3 is 9.64 Å². The minimum Gasteiger partial charge on any atom is -0.444 e. The maximum Gasteiger partial charge on any atom is 0.411 e. The number of thiophene rings is 1. The number of alkyl halides is 2. The van der Waals surface area contributed by atoms with Gasteiger partial charge in [-0.25, -0.2) is 4.79 Å². The number of nitro groups is 1. The summed E-state index contributed by atoms with van der Waals surface area (Å²) in [6.45, 7) is 1.33. The van der Waals surface area contributed by atoms with Crippen molar-refractivity contribution in [3.63, 3.8) is 0 Å². The van der Waals surface area contributed by atoms with E-state index in [1.165, 1.54) is 6.07 Å². The molecule has 0 aliphatic heterocycles. The van der Waals surface area contributed by atoms with Crippen LogP contribution in [0.15, 0.2) is 36.4 Å². The van der Waals surface area contributed by atoms with Gasteiger partial charge >= 0.3 is 11.1 Å². The first-order valence-corrected chi connectivity index (χ1v) is 9.56. The number of anilines is 2. The average Bonchev–Trinajstić information content (AvgIpc) is 3.10. The van der Waals surface area contributed by atoms with Crippen molar-refractivity contribution in [3.05, 3.63) is 51.4 Å². The molecule has 140 valence electrons. The summed E-state index contributed by atoms with van der Waals surface area (Å²) in [5, 5.41) is 13.3. The zero-order valence-electron chi connectivity index (χ0n) is 13.7. The second kappa shape index (κ2) is 10.2. The Balaban J connectivity index is 1.87. The molecule has 1 aromatic carbocycles. The van der Waals surface area contributed by atoms with Crippen molar-refractivity contribution in [2.45, 2.75) is 6.61 Å². The summed E-state index contributed by atoms with van der Waals surface area (Å²) in [5.74, 6) is 0.980. The highest BCUT2D eigenvalue weighted by Gasteiger charge is 2.12. The predicted molar refractivity (Wildman–Crippen MR) is 105 cm³/mol. The molecule has 0 radical (unpaired) electrons. The van der Waals surface area contributed by atoms with Gasteiger partial charge in [0.15, 0.2) is 0 Å². The van der Waals surface area contributed by atoms with Gasteiger partial charge in [-0.2, -0.15) is 0 Å². The van der Waals surface area contributed by atoms with Crippen molar-refractivity contribution in [3.8, 4) is 0 Å². The van der Waals surface area contributed by atoms with Crippen molar-refractivity contribution in [1.82, 2.24) is 0 Å². The Morgan fingerprint density at radius 1 is 1.15 bits per heavy atom. The van der Waals surface area contributed by atoms with E-state index in [9.17, 15) is 14.9 Å². The van der Waals surface area contributed by atoms with Crippen LogP contribution in [0.3, 0.4) is 0 Å². The maximum absolute atomic E-state index is 11.8. The Bertz CT molecular complexity index is 733. The van der Waals surface area contributed by atoms with Crippen LogP contribution in [0.2, 0.25) is 0 Å². The molecule has 1 heterocycles. The number of halogens is 2. The molecule has 2 aromatic rings. The van der Waals surface area contributed by atoms with Crippen LogP contribution in [-0.2, 0) is 11.3 Å². The number of hydrogen-bond acceptors (Lipinski definition) is 6. The number of ether oxygens (including phenoxy) is 1. The summed E-state index contributed by atoms with van der Waals surface area (Å²) in [6.07, 6.45) is -0.632. The molecule has 1 aromatic heterocycles. The quantitative estimate of drug-likeness (QED) is 0.363. The molecule has 0 atom stereocenters. The predicted octanol–water partition coefficient (Wildman–Crippen LogP) is 4.69. The van der Waals surface area contributed by atoms with E-state index in [4.69, 9.17) is 27.9 Å². The van der Waals surface area contributed by atoms with E-state index >= 15 is 0 Å². The molecule has 0 aliphatic carbocycles. The zero-order valence-corrected chi connectivity index (χ0v) is 16.0. The number of benzene rings is 1.